The van der Waals surface area contributed by atoms with Crippen LogP contribution in [-0.2, 0) is 6.54 Å². The van der Waals surface area contributed by atoms with Crippen molar-refractivity contribution in [2.45, 2.75) is 20.4 Å². The molecule has 6 nitrogen and oxygen atoms in total. The van der Waals surface area contributed by atoms with Gasteiger partial charge in [-0.2, -0.15) is 0 Å². The molecule has 1 heterocycles. The number of para-hydroxylation sites is 1. The number of nitrogens with one attached hydrogen (secondary N) is 2. The lowest BCUT2D eigenvalue weighted by molar-refractivity contribution is 0.0947. The minimum atomic E-state index is -0.270. The Morgan fingerprint density at radius 3 is 2.67 bits per heavy atom. The summed E-state index contributed by atoms with van der Waals surface area (Å²) in [5.41, 5.74) is 0.829. The van der Waals surface area contributed by atoms with E-state index < -0.39 is 0 Å². The quantitative estimate of drug-likeness (QED) is 0.816. The highest BCUT2D eigenvalue weighted by Crippen LogP contribution is 2.16. The van der Waals surface area contributed by atoms with E-state index in [1.54, 1.807) is 24.3 Å². The molecule has 0 radical (unpaired) electrons. The smallest absolute Gasteiger partial charge is 0.255 e. The standard InChI is InChI=1S/C18H22N2O4/c1-12(2)11-24-17-10-19-13(8-15(17)21)9-20-18(22)14-6-4-5-7-16(14)23-3/h4-8,10,12H,9,11H2,1-3H3,(H,19,21)(H,20,22). The number of H-pyrrole nitrogens is 1. The molecule has 0 aliphatic heterocycles. The van der Waals surface area contributed by atoms with Crippen LogP contribution in [0.3, 0.4) is 0 Å². The highest BCUT2D eigenvalue weighted by atomic mass is 16.5. The fraction of sp³-hybridized carbons (Fsp3) is 0.333. The van der Waals surface area contributed by atoms with Crippen LogP contribution in [0.2, 0.25) is 0 Å². The molecule has 2 rings (SSSR count). The van der Waals surface area contributed by atoms with E-state index in [1.807, 2.05) is 13.8 Å². The van der Waals surface area contributed by atoms with Gasteiger partial charge in [-0.05, 0) is 18.1 Å². The molecule has 1 aromatic carbocycles. The van der Waals surface area contributed by atoms with Crippen LogP contribution < -0.4 is 20.2 Å². The zero-order chi connectivity index (χ0) is 17.5. The normalized spacial score (nSPS) is 10.5. The number of aromatic nitrogens is 1. The number of methoxy groups -OCH3 is 1. The summed E-state index contributed by atoms with van der Waals surface area (Å²) in [4.78, 5) is 27.2. The molecular weight excluding hydrogens is 308 g/mol. The average Bonchev–Trinajstić information content (AvgIpc) is 2.58. The van der Waals surface area contributed by atoms with Gasteiger partial charge in [0, 0.05) is 18.0 Å². The lowest BCUT2D eigenvalue weighted by Gasteiger charge is -2.10. The summed E-state index contributed by atoms with van der Waals surface area (Å²) in [6.45, 7) is 4.70. The van der Waals surface area contributed by atoms with Gasteiger partial charge in [0.15, 0.2) is 5.75 Å². The van der Waals surface area contributed by atoms with Crippen molar-refractivity contribution in [3.8, 4) is 11.5 Å². The first kappa shape index (κ1) is 17.6. The van der Waals surface area contributed by atoms with Crippen molar-refractivity contribution in [3.05, 3.63) is 58.0 Å². The fourth-order valence-electron chi connectivity index (χ4n) is 2.07. The maximum absolute atomic E-state index is 12.2. The van der Waals surface area contributed by atoms with Gasteiger partial charge >= 0.3 is 0 Å². The Morgan fingerprint density at radius 2 is 2.00 bits per heavy atom. The van der Waals surface area contributed by atoms with Crippen LogP contribution >= 0.6 is 0 Å². The van der Waals surface area contributed by atoms with Gasteiger partial charge in [-0.3, -0.25) is 9.59 Å². The Morgan fingerprint density at radius 1 is 1.25 bits per heavy atom. The maximum atomic E-state index is 12.2. The highest BCUT2D eigenvalue weighted by molar-refractivity contribution is 5.96. The molecule has 6 heteroatoms. The van der Waals surface area contributed by atoms with E-state index in [9.17, 15) is 9.59 Å². The van der Waals surface area contributed by atoms with Crippen LogP contribution in [0.4, 0.5) is 0 Å². The SMILES string of the molecule is COc1ccccc1C(=O)NCc1cc(=O)c(OCC(C)C)c[nH]1. The first-order valence-corrected chi connectivity index (χ1v) is 7.77. The largest absolute Gasteiger partial charge is 0.496 e. The van der Waals surface area contributed by atoms with Gasteiger partial charge in [0.1, 0.15) is 5.75 Å². The number of hydrogen-bond donors (Lipinski definition) is 2. The van der Waals surface area contributed by atoms with Crippen molar-refractivity contribution in [1.29, 1.82) is 0 Å². The number of carbonyl (C=O) groups excluding carboxylic acids is 1. The molecule has 1 amide bonds. The lowest BCUT2D eigenvalue weighted by Crippen LogP contribution is -2.24. The van der Waals surface area contributed by atoms with Crippen molar-refractivity contribution < 1.29 is 14.3 Å². The number of pyridine rings is 1. The predicted molar refractivity (Wildman–Crippen MR) is 91.6 cm³/mol. The molecule has 1 aromatic heterocycles. The monoisotopic (exact) mass is 330 g/mol. The molecule has 2 aromatic rings. The minimum absolute atomic E-state index is 0.205. The summed E-state index contributed by atoms with van der Waals surface area (Å²) < 4.78 is 10.6. The van der Waals surface area contributed by atoms with Crippen LogP contribution in [0.15, 0.2) is 41.3 Å². The fourth-order valence-corrected chi connectivity index (χ4v) is 2.07. The molecule has 0 atom stereocenters. The summed E-state index contributed by atoms with van der Waals surface area (Å²) in [5.74, 6) is 0.849. The molecule has 0 fully saturated rings. The molecule has 0 unspecified atom stereocenters. The third-order valence-corrected chi connectivity index (χ3v) is 3.30. The number of aromatic amines is 1. The molecule has 0 spiro atoms. The summed E-state index contributed by atoms with van der Waals surface area (Å²) in [6, 6.07) is 8.39. The number of ether oxygens (including phenoxy) is 2. The van der Waals surface area contributed by atoms with Crippen LogP contribution in [0.25, 0.3) is 0 Å². The van der Waals surface area contributed by atoms with Crippen LogP contribution in [0, 0.1) is 5.92 Å². The second kappa shape index (κ2) is 8.19. The Kier molecular flexibility index (Phi) is 6.01. The Labute approximate surface area is 140 Å². The molecular formula is C18H22N2O4. The van der Waals surface area contributed by atoms with Crippen molar-refractivity contribution in [1.82, 2.24) is 10.3 Å². The van der Waals surface area contributed by atoms with Gasteiger partial charge in [-0.25, -0.2) is 0 Å². The van der Waals surface area contributed by atoms with Gasteiger partial charge in [-0.1, -0.05) is 26.0 Å². The molecule has 0 bridgehead atoms. The Bertz CT molecular complexity index is 753. The Balaban J connectivity index is 2.00. The maximum Gasteiger partial charge on any atom is 0.255 e. The Hall–Kier alpha value is -2.76. The van der Waals surface area contributed by atoms with Gasteiger partial charge in [-0.15, -0.1) is 0 Å². The summed E-state index contributed by atoms with van der Waals surface area (Å²) in [6.07, 6.45) is 1.52. The second-order valence-electron chi connectivity index (χ2n) is 5.77. The minimum Gasteiger partial charge on any atom is -0.496 e. The molecule has 24 heavy (non-hydrogen) atoms. The third-order valence-electron chi connectivity index (χ3n) is 3.30. The van der Waals surface area contributed by atoms with Crippen LogP contribution in [-0.4, -0.2) is 24.6 Å². The number of benzene rings is 1. The number of amides is 1. The third kappa shape index (κ3) is 4.62. The number of carbonyl (C=O) groups is 1. The first-order chi connectivity index (χ1) is 11.5. The van der Waals surface area contributed by atoms with E-state index >= 15 is 0 Å². The van der Waals surface area contributed by atoms with Crippen LogP contribution in [0.1, 0.15) is 29.9 Å². The molecule has 0 saturated carbocycles. The zero-order valence-electron chi connectivity index (χ0n) is 14.1. The van der Waals surface area contributed by atoms with Crippen LogP contribution in [0.5, 0.6) is 11.5 Å². The van der Waals surface area contributed by atoms with E-state index in [2.05, 4.69) is 10.3 Å². The van der Waals surface area contributed by atoms with E-state index in [4.69, 9.17) is 9.47 Å². The summed E-state index contributed by atoms with van der Waals surface area (Å²) in [7, 11) is 1.51. The molecule has 128 valence electrons. The second-order valence-corrected chi connectivity index (χ2v) is 5.77. The molecule has 2 N–H and O–H groups in total. The zero-order valence-corrected chi connectivity index (χ0v) is 14.1. The van der Waals surface area contributed by atoms with Crippen molar-refractivity contribution in [2.75, 3.05) is 13.7 Å². The van der Waals surface area contributed by atoms with Crippen molar-refractivity contribution in [2.24, 2.45) is 5.92 Å². The van der Waals surface area contributed by atoms with Crippen molar-refractivity contribution >= 4 is 5.91 Å². The van der Waals surface area contributed by atoms with E-state index in [-0.39, 0.29) is 23.6 Å². The van der Waals surface area contributed by atoms with Gasteiger partial charge < -0.3 is 19.8 Å². The average molecular weight is 330 g/mol. The van der Waals surface area contributed by atoms with E-state index in [0.29, 0.717) is 29.5 Å². The number of hydrogen-bond acceptors (Lipinski definition) is 4. The van der Waals surface area contributed by atoms with Gasteiger partial charge in [0.05, 0.1) is 25.8 Å². The van der Waals surface area contributed by atoms with E-state index in [0.717, 1.165) is 0 Å². The summed E-state index contributed by atoms with van der Waals surface area (Å²) in [5, 5.41) is 2.76. The van der Waals surface area contributed by atoms with Crippen molar-refractivity contribution in [3.63, 3.8) is 0 Å². The van der Waals surface area contributed by atoms with E-state index in [1.165, 1.54) is 19.4 Å². The highest BCUT2D eigenvalue weighted by Gasteiger charge is 2.11. The van der Waals surface area contributed by atoms with Gasteiger partial charge in [0.2, 0.25) is 5.43 Å². The first-order valence-electron chi connectivity index (χ1n) is 7.77. The summed E-state index contributed by atoms with van der Waals surface area (Å²) >= 11 is 0. The lowest BCUT2D eigenvalue weighted by atomic mass is 10.2. The molecule has 0 aliphatic rings. The molecule has 0 saturated heterocycles. The topological polar surface area (TPSA) is 80.4 Å². The van der Waals surface area contributed by atoms with Gasteiger partial charge in [0.25, 0.3) is 5.91 Å². The molecule has 0 aliphatic carbocycles. The number of rotatable bonds is 7. The predicted octanol–water partition coefficient (Wildman–Crippen LogP) is 2.35.